The van der Waals surface area contributed by atoms with Crippen LogP contribution in [0.25, 0.3) is 11.0 Å². The number of rotatable bonds is 16. The van der Waals surface area contributed by atoms with Crippen LogP contribution in [-0.4, -0.2) is 95.4 Å². The molecule has 17 heteroatoms. The van der Waals surface area contributed by atoms with Gasteiger partial charge in [-0.25, -0.2) is 9.52 Å². The van der Waals surface area contributed by atoms with Gasteiger partial charge in [-0.15, -0.1) is 0 Å². The SMILES string of the molecule is CC(C)n1c(OC2CC(C(N)=O)N(C(=O)C(CCCCCC=CC3CC3C(=O)NS(=O)(=O)N(C)C)NC(=O)OC(C)(C)C)C2)nc2c(Cl)cccc21. The van der Waals surface area contributed by atoms with E-state index in [1.54, 1.807) is 26.8 Å². The number of nitrogens with one attached hydrogen (secondary N) is 2. The average molecular weight is 766 g/mol. The van der Waals surface area contributed by atoms with Gasteiger partial charge < -0.3 is 25.4 Å². The Labute approximate surface area is 310 Å². The fourth-order valence-corrected chi connectivity index (χ4v) is 6.98. The molecule has 1 aliphatic carbocycles. The summed E-state index contributed by atoms with van der Waals surface area (Å²) in [6.45, 7) is 9.20. The molecular weight excluding hydrogens is 714 g/mol. The molecule has 4 N–H and O–H groups in total. The largest absolute Gasteiger partial charge is 0.459 e. The van der Waals surface area contributed by atoms with Gasteiger partial charge in [0, 0.05) is 32.5 Å². The molecule has 1 aliphatic heterocycles. The summed E-state index contributed by atoms with van der Waals surface area (Å²) in [5.74, 6) is -2.03. The molecule has 15 nitrogen and oxygen atoms in total. The van der Waals surface area contributed by atoms with E-state index in [-0.39, 0.29) is 30.8 Å². The summed E-state index contributed by atoms with van der Waals surface area (Å²) in [4.78, 5) is 57.8. The second-order valence-electron chi connectivity index (χ2n) is 14.9. The number of nitrogens with zero attached hydrogens (tertiary/aromatic N) is 4. The number of alkyl carbamates (subject to hydrolysis) is 1. The number of likely N-dealkylation sites (tertiary alicyclic amines) is 1. The number of nitrogens with two attached hydrogens (primary N) is 1. The molecule has 2 heterocycles. The second kappa shape index (κ2) is 16.8. The van der Waals surface area contributed by atoms with E-state index in [2.05, 4.69) is 15.0 Å². The van der Waals surface area contributed by atoms with Gasteiger partial charge in [0.2, 0.25) is 17.7 Å². The highest BCUT2D eigenvalue weighted by atomic mass is 35.5. The van der Waals surface area contributed by atoms with Crippen molar-refractivity contribution in [2.75, 3.05) is 20.6 Å². The molecule has 2 aromatic rings. The van der Waals surface area contributed by atoms with Crippen LogP contribution in [-0.2, 0) is 29.3 Å². The number of hydrogen-bond donors (Lipinski definition) is 3. The Morgan fingerprint density at radius 3 is 2.48 bits per heavy atom. The third kappa shape index (κ3) is 10.6. The van der Waals surface area contributed by atoms with Crippen molar-refractivity contribution in [2.45, 2.75) is 109 Å². The molecule has 0 spiro atoms. The number of primary amides is 1. The molecule has 4 amide bonds. The number of amides is 4. The van der Waals surface area contributed by atoms with Gasteiger partial charge in [-0.05, 0) is 78.4 Å². The predicted octanol–water partition coefficient (Wildman–Crippen LogP) is 4.06. The maximum absolute atomic E-state index is 14.0. The number of halogens is 1. The van der Waals surface area contributed by atoms with Crippen LogP contribution in [0.3, 0.4) is 0 Å². The second-order valence-corrected chi connectivity index (χ2v) is 17.2. The first-order valence-electron chi connectivity index (χ1n) is 17.6. The van der Waals surface area contributed by atoms with Crippen LogP contribution in [0.15, 0.2) is 30.4 Å². The Hall–Kier alpha value is -3.89. The molecule has 2 fully saturated rings. The Morgan fingerprint density at radius 2 is 1.85 bits per heavy atom. The van der Waals surface area contributed by atoms with E-state index in [1.165, 1.54) is 19.0 Å². The van der Waals surface area contributed by atoms with Crippen molar-refractivity contribution in [2.24, 2.45) is 17.6 Å². The van der Waals surface area contributed by atoms with Crippen molar-refractivity contribution in [1.82, 2.24) is 28.8 Å². The fraction of sp³-hybridized carbons (Fsp3) is 0.629. The number of fused-ring (bicyclic) bond motifs is 1. The van der Waals surface area contributed by atoms with Crippen LogP contribution in [0.2, 0.25) is 5.02 Å². The lowest BCUT2D eigenvalue weighted by Gasteiger charge is -2.28. The zero-order valence-electron chi connectivity index (χ0n) is 30.9. The number of imidazole rings is 1. The maximum Gasteiger partial charge on any atom is 0.408 e. The Balaban J connectivity index is 1.37. The van der Waals surface area contributed by atoms with Crippen LogP contribution >= 0.6 is 11.6 Å². The van der Waals surface area contributed by atoms with E-state index in [4.69, 9.17) is 26.8 Å². The number of benzene rings is 1. The molecule has 2 aliphatic rings. The van der Waals surface area contributed by atoms with Crippen LogP contribution in [0.1, 0.15) is 85.6 Å². The summed E-state index contributed by atoms with van der Waals surface area (Å²) < 4.78 is 40.5. The van der Waals surface area contributed by atoms with Crippen molar-refractivity contribution in [3.63, 3.8) is 0 Å². The highest BCUT2D eigenvalue weighted by Gasteiger charge is 2.44. The van der Waals surface area contributed by atoms with E-state index in [1.807, 2.05) is 42.7 Å². The molecule has 1 saturated heterocycles. The normalized spacial score (nSPS) is 21.2. The minimum atomic E-state index is -3.82. The van der Waals surface area contributed by atoms with E-state index in [9.17, 15) is 27.6 Å². The third-order valence-electron chi connectivity index (χ3n) is 8.92. The summed E-state index contributed by atoms with van der Waals surface area (Å²) in [5, 5.41) is 3.19. The first-order valence-corrected chi connectivity index (χ1v) is 19.4. The standard InChI is InChI=1S/C35H52ClN7O8S/c1-21(2)43-27-17-13-15-25(36)29(27)39-33(43)50-23-19-28(30(37)44)42(20-23)32(46)26(38-34(47)51-35(3,4)5)16-12-10-8-9-11-14-22-18-24(22)31(45)40-52(48,49)41(6)7/h11,13-15,17,21-24,26,28H,8-10,12,16,18-20H2,1-7H3,(H2,37,44)(H,38,47)(H,40,45). The molecule has 1 aromatic carbocycles. The van der Waals surface area contributed by atoms with E-state index >= 15 is 0 Å². The summed E-state index contributed by atoms with van der Waals surface area (Å²) >= 11 is 6.42. The van der Waals surface area contributed by atoms with Gasteiger partial charge in [-0.1, -0.05) is 42.7 Å². The third-order valence-corrected chi connectivity index (χ3v) is 10.6. The number of aromatic nitrogens is 2. The fourth-order valence-electron chi connectivity index (χ4n) is 6.18. The van der Waals surface area contributed by atoms with Gasteiger partial charge in [0.25, 0.3) is 6.01 Å². The van der Waals surface area contributed by atoms with Gasteiger partial charge in [0.1, 0.15) is 29.3 Å². The molecule has 4 rings (SSSR count). The molecule has 52 heavy (non-hydrogen) atoms. The number of ether oxygens (including phenoxy) is 2. The molecular formula is C35H52ClN7O8S. The van der Waals surface area contributed by atoms with Crippen molar-refractivity contribution in [3.8, 4) is 6.01 Å². The van der Waals surface area contributed by atoms with Crippen molar-refractivity contribution in [1.29, 1.82) is 0 Å². The van der Waals surface area contributed by atoms with Gasteiger partial charge in [0.15, 0.2) is 0 Å². The Kier molecular flexibility index (Phi) is 13.2. The number of carbonyl (C=O) groups is 4. The molecule has 1 aromatic heterocycles. The van der Waals surface area contributed by atoms with Gasteiger partial charge in [0.05, 0.1) is 17.1 Å². The summed E-state index contributed by atoms with van der Waals surface area (Å²) in [5.41, 5.74) is 6.37. The molecule has 288 valence electrons. The zero-order valence-corrected chi connectivity index (χ0v) is 32.5. The molecule has 5 atom stereocenters. The molecule has 5 unspecified atom stereocenters. The zero-order chi connectivity index (χ0) is 38.5. The lowest BCUT2D eigenvalue weighted by Crippen LogP contribution is -2.53. The quantitative estimate of drug-likeness (QED) is 0.167. The highest BCUT2D eigenvalue weighted by molar-refractivity contribution is 7.87. The minimum Gasteiger partial charge on any atom is -0.459 e. The first kappa shape index (κ1) is 40.9. The number of carbonyl (C=O) groups excluding carboxylic acids is 4. The van der Waals surface area contributed by atoms with Crippen molar-refractivity contribution < 1.29 is 37.1 Å². The van der Waals surface area contributed by atoms with Gasteiger partial charge in [-0.2, -0.15) is 17.7 Å². The minimum absolute atomic E-state index is 0.00818. The van der Waals surface area contributed by atoms with Gasteiger partial charge in [-0.3, -0.25) is 19.0 Å². The smallest absolute Gasteiger partial charge is 0.408 e. The highest BCUT2D eigenvalue weighted by Crippen LogP contribution is 2.40. The van der Waals surface area contributed by atoms with Crippen LogP contribution < -0.4 is 20.5 Å². The lowest BCUT2D eigenvalue weighted by atomic mass is 10.0. The molecule has 0 bridgehead atoms. The topological polar surface area (TPSA) is 195 Å². The Morgan fingerprint density at radius 1 is 1.13 bits per heavy atom. The first-order chi connectivity index (χ1) is 24.3. The average Bonchev–Trinajstić information content (AvgIpc) is 3.52. The molecule has 0 radical (unpaired) electrons. The van der Waals surface area contributed by atoms with Crippen LogP contribution in [0, 0.1) is 11.8 Å². The number of allylic oxidation sites excluding steroid dienone is 2. The molecule has 1 saturated carbocycles. The van der Waals surface area contributed by atoms with Crippen molar-refractivity contribution >= 4 is 56.7 Å². The number of hydrogen-bond acceptors (Lipinski definition) is 9. The summed E-state index contributed by atoms with van der Waals surface area (Å²) in [7, 11) is -1.11. The summed E-state index contributed by atoms with van der Waals surface area (Å²) in [6.07, 6.45) is 6.42. The van der Waals surface area contributed by atoms with E-state index < -0.39 is 57.8 Å². The van der Waals surface area contributed by atoms with Gasteiger partial charge >= 0.3 is 16.3 Å². The monoisotopic (exact) mass is 765 g/mol. The van der Waals surface area contributed by atoms with Crippen LogP contribution in [0.5, 0.6) is 6.01 Å². The van der Waals surface area contributed by atoms with E-state index in [0.29, 0.717) is 35.8 Å². The lowest BCUT2D eigenvalue weighted by molar-refractivity contribution is -0.139. The number of para-hydroxylation sites is 1. The van der Waals surface area contributed by atoms with Crippen molar-refractivity contribution in [3.05, 3.63) is 35.4 Å². The predicted molar refractivity (Wildman–Crippen MR) is 197 cm³/mol. The summed E-state index contributed by atoms with van der Waals surface area (Å²) in [6, 6.07) is 3.84. The number of unbranched alkanes of at least 4 members (excludes halogenated alkanes) is 3. The maximum atomic E-state index is 14.0. The van der Waals surface area contributed by atoms with Crippen LogP contribution in [0.4, 0.5) is 4.79 Å². The Bertz CT molecular complexity index is 1770. The van der Waals surface area contributed by atoms with E-state index in [0.717, 1.165) is 29.1 Å².